The van der Waals surface area contributed by atoms with Gasteiger partial charge >= 0.3 is 0 Å². The summed E-state index contributed by atoms with van der Waals surface area (Å²) in [5.41, 5.74) is 3.06. The SMILES string of the molecule is Cc1ccc(-c2noc(CCCN3CCN(C(=O)COCc4ccccc4Cl)CC3)n2)cc1. The van der Waals surface area contributed by atoms with Crippen molar-refractivity contribution < 1.29 is 14.1 Å². The van der Waals surface area contributed by atoms with Gasteiger partial charge in [-0.05, 0) is 31.5 Å². The maximum absolute atomic E-state index is 12.4. The Bertz CT molecular complexity index is 1050. The van der Waals surface area contributed by atoms with Crippen molar-refractivity contribution in [2.45, 2.75) is 26.4 Å². The minimum Gasteiger partial charge on any atom is -0.367 e. The van der Waals surface area contributed by atoms with Crippen molar-refractivity contribution in [3.05, 3.63) is 70.6 Å². The molecule has 0 bridgehead atoms. The van der Waals surface area contributed by atoms with Gasteiger partial charge in [-0.25, -0.2) is 0 Å². The van der Waals surface area contributed by atoms with Gasteiger partial charge in [0.15, 0.2) is 0 Å². The molecule has 0 radical (unpaired) electrons. The van der Waals surface area contributed by atoms with Crippen molar-refractivity contribution in [2.75, 3.05) is 39.3 Å². The van der Waals surface area contributed by atoms with E-state index in [2.05, 4.69) is 22.0 Å². The fourth-order valence-electron chi connectivity index (χ4n) is 3.81. The third-order valence-corrected chi connectivity index (χ3v) is 6.18. The van der Waals surface area contributed by atoms with Gasteiger partial charge in [0.2, 0.25) is 17.6 Å². The molecule has 4 rings (SSSR count). The number of aryl methyl sites for hydroxylation is 2. The second kappa shape index (κ2) is 11.4. The van der Waals surface area contributed by atoms with Crippen LogP contribution < -0.4 is 0 Å². The van der Waals surface area contributed by atoms with Crippen molar-refractivity contribution in [1.29, 1.82) is 0 Å². The molecule has 1 fully saturated rings. The Hall–Kier alpha value is -2.74. The summed E-state index contributed by atoms with van der Waals surface area (Å²) in [5, 5.41) is 4.75. The number of rotatable bonds is 9. The highest BCUT2D eigenvalue weighted by Gasteiger charge is 2.21. The Morgan fingerprint density at radius 1 is 1.09 bits per heavy atom. The average Bonchev–Trinajstić information content (AvgIpc) is 3.30. The number of carbonyl (C=O) groups is 1. The molecular weight excluding hydrogens is 440 g/mol. The number of nitrogens with zero attached hydrogens (tertiary/aromatic N) is 4. The van der Waals surface area contributed by atoms with Crippen LogP contribution in [0.15, 0.2) is 53.1 Å². The first-order valence-electron chi connectivity index (χ1n) is 11.3. The molecule has 33 heavy (non-hydrogen) atoms. The molecule has 0 N–H and O–H groups in total. The molecule has 2 aromatic carbocycles. The summed E-state index contributed by atoms with van der Waals surface area (Å²) < 4.78 is 11.0. The summed E-state index contributed by atoms with van der Waals surface area (Å²) in [4.78, 5) is 21.2. The summed E-state index contributed by atoms with van der Waals surface area (Å²) in [6.07, 6.45) is 1.68. The normalized spacial score (nSPS) is 14.5. The third kappa shape index (κ3) is 6.63. The van der Waals surface area contributed by atoms with Crippen molar-refractivity contribution in [1.82, 2.24) is 19.9 Å². The molecule has 1 aromatic heterocycles. The quantitative estimate of drug-likeness (QED) is 0.473. The molecule has 7 nitrogen and oxygen atoms in total. The van der Waals surface area contributed by atoms with E-state index in [0.717, 1.165) is 43.6 Å². The molecule has 1 aliphatic heterocycles. The predicted octanol–water partition coefficient (Wildman–Crippen LogP) is 3.99. The predicted molar refractivity (Wildman–Crippen MR) is 127 cm³/mol. The Morgan fingerprint density at radius 3 is 2.61 bits per heavy atom. The van der Waals surface area contributed by atoms with Crippen LogP contribution in [0.5, 0.6) is 0 Å². The number of amides is 1. The molecule has 0 aliphatic carbocycles. The molecular formula is C25H29ClN4O3. The molecule has 174 valence electrons. The summed E-state index contributed by atoms with van der Waals surface area (Å²) in [5.74, 6) is 1.32. The van der Waals surface area contributed by atoms with Crippen molar-refractivity contribution in [3.8, 4) is 11.4 Å². The number of hydrogen-bond donors (Lipinski definition) is 0. The molecule has 2 heterocycles. The van der Waals surface area contributed by atoms with Gasteiger partial charge in [-0.3, -0.25) is 9.69 Å². The highest BCUT2D eigenvalue weighted by molar-refractivity contribution is 6.31. The smallest absolute Gasteiger partial charge is 0.248 e. The van der Waals surface area contributed by atoms with E-state index >= 15 is 0 Å². The minimum absolute atomic E-state index is 0.0243. The van der Waals surface area contributed by atoms with Gasteiger partial charge in [-0.15, -0.1) is 0 Å². The fraction of sp³-hybridized carbons (Fsp3) is 0.400. The largest absolute Gasteiger partial charge is 0.367 e. The number of hydrogen-bond acceptors (Lipinski definition) is 6. The lowest BCUT2D eigenvalue weighted by atomic mass is 10.1. The van der Waals surface area contributed by atoms with E-state index in [1.807, 2.05) is 53.4 Å². The fourth-order valence-corrected chi connectivity index (χ4v) is 4.00. The van der Waals surface area contributed by atoms with Crippen LogP contribution >= 0.6 is 11.6 Å². The zero-order valence-electron chi connectivity index (χ0n) is 18.9. The van der Waals surface area contributed by atoms with E-state index in [0.29, 0.717) is 36.4 Å². The number of aromatic nitrogens is 2. The highest BCUT2D eigenvalue weighted by atomic mass is 35.5. The topological polar surface area (TPSA) is 71.7 Å². The average molecular weight is 469 g/mol. The third-order valence-electron chi connectivity index (χ3n) is 5.81. The number of benzene rings is 2. The first-order valence-corrected chi connectivity index (χ1v) is 11.7. The maximum Gasteiger partial charge on any atom is 0.248 e. The number of carbonyl (C=O) groups excluding carboxylic acids is 1. The zero-order chi connectivity index (χ0) is 23.0. The van der Waals surface area contributed by atoms with Crippen LogP contribution in [0.25, 0.3) is 11.4 Å². The van der Waals surface area contributed by atoms with E-state index in [9.17, 15) is 4.79 Å². The molecule has 0 spiro atoms. The first kappa shape index (κ1) is 23.4. The van der Waals surface area contributed by atoms with Gasteiger partial charge in [0.25, 0.3) is 0 Å². The lowest BCUT2D eigenvalue weighted by Gasteiger charge is -2.34. The van der Waals surface area contributed by atoms with Crippen LogP contribution in [-0.4, -0.2) is 65.2 Å². The van der Waals surface area contributed by atoms with Crippen LogP contribution in [0, 0.1) is 6.92 Å². The number of halogens is 1. The molecule has 1 saturated heterocycles. The first-order chi connectivity index (χ1) is 16.1. The summed E-state index contributed by atoms with van der Waals surface area (Å²) >= 11 is 6.13. The maximum atomic E-state index is 12.4. The minimum atomic E-state index is 0.0243. The summed E-state index contributed by atoms with van der Waals surface area (Å²) in [6, 6.07) is 15.6. The monoisotopic (exact) mass is 468 g/mol. The Morgan fingerprint density at radius 2 is 1.85 bits per heavy atom. The van der Waals surface area contributed by atoms with Crippen LogP contribution in [0.2, 0.25) is 5.02 Å². The van der Waals surface area contributed by atoms with Gasteiger partial charge < -0.3 is 14.2 Å². The lowest BCUT2D eigenvalue weighted by Crippen LogP contribution is -2.49. The molecule has 8 heteroatoms. The van der Waals surface area contributed by atoms with E-state index in [4.69, 9.17) is 20.9 Å². The summed E-state index contributed by atoms with van der Waals surface area (Å²) in [7, 11) is 0. The van der Waals surface area contributed by atoms with Gasteiger partial charge in [0, 0.05) is 43.2 Å². The summed E-state index contributed by atoms with van der Waals surface area (Å²) in [6.45, 7) is 6.55. The van der Waals surface area contributed by atoms with Gasteiger partial charge in [-0.2, -0.15) is 4.98 Å². The molecule has 0 atom stereocenters. The van der Waals surface area contributed by atoms with Crippen molar-refractivity contribution >= 4 is 17.5 Å². The van der Waals surface area contributed by atoms with E-state index in [1.165, 1.54) is 5.56 Å². The Kier molecular flexibility index (Phi) is 8.10. The molecule has 0 unspecified atom stereocenters. The van der Waals surface area contributed by atoms with E-state index < -0.39 is 0 Å². The zero-order valence-corrected chi connectivity index (χ0v) is 19.6. The highest BCUT2D eigenvalue weighted by Crippen LogP contribution is 2.17. The lowest BCUT2D eigenvalue weighted by molar-refractivity contribution is -0.138. The van der Waals surface area contributed by atoms with Crippen LogP contribution in [0.3, 0.4) is 0 Å². The second-order valence-electron chi connectivity index (χ2n) is 8.29. The van der Waals surface area contributed by atoms with Crippen LogP contribution in [0.4, 0.5) is 0 Å². The van der Waals surface area contributed by atoms with Crippen LogP contribution in [0.1, 0.15) is 23.4 Å². The van der Waals surface area contributed by atoms with E-state index in [1.54, 1.807) is 0 Å². The molecule has 3 aromatic rings. The van der Waals surface area contributed by atoms with Gasteiger partial charge in [0.1, 0.15) is 6.61 Å². The second-order valence-corrected chi connectivity index (χ2v) is 8.70. The van der Waals surface area contributed by atoms with Crippen molar-refractivity contribution in [2.24, 2.45) is 0 Å². The number of piperazine rings is 1. The van der Waals surface area contributed by atoms with E-state index in [-0.39, 0.29) is 12.5 Å². The molecule has 1 aliphatic rings. The van der Waals surface area contributed by atoms with Crippen LogP contribution in [-0.2, 0) is 22.6 Å². The van der Waals surface area contributed by atoms with Gasteiger partial charge in [-0.1, -0.05) is 64.8 Å². The van der Waals surface area contributed by atoms with Crippen molar-refractivity contribution in [3.63, 3.8) is 0 Å². The Labute approximate surface area is 199 Å². The Balaban J connectivity index is 1.13. The van der Waals surface area contributed by atoms with Gasteiger partial charge in [0.05, 0.1) is 6.61 Å². The standard InChI is InChI=1S/C25H29ClN4O3/c1-19-8-10-20(11-9-19)25-27-23(33-28-25)7-4-12-29-13-15-30(16-14-29)24(31)18-32-17-21-5-2-3-6-22(21)26/h2-3,5-6,8-11H,4,7,12-18H2,1H3. The number of ether oxygens (including phenoxy) is 1. The molecule has 0 saturated carbocycles. The molecule has 1 amide bonds.